The summed E-state index contributed by atoms with van der Waals surface area (Å²) in [6.07, 6.45) is 0.740. The lowest BCUT2D eigenvalue weighted by atomic mass is 9.69. The molecule has 1 N–H and O–H groups in total. The summed E-state index contributed by atoms with van der Waals surface area (Å²) in [6, 6.07) is 13.8. The monoisotopic (exact) mass is 333 g/mol. The molecule has 0 radical (unpaired) electrons. The standard InChI is InChI=1S/C17H17BrFN/c1-12-4-2-3-5-15(12)17(10-20-11-17)9-13-6-7-14(18)8-16(13)19/h2-8,20H,9-11H2,1H3. The Balaban J connectivity index is 1.96. The lowest BCUT2D eigenvalue weighted by molar-refractivity contribution is 0.271. The fourth-order valence-corrected chi connectivity index (χ4v) is 3.37. The molecule has 0 atom stereocenters. The van der Waals surface area contributed by atoms with Crippen molar-refractivity contribution >= 4 is 15.9 Å². The first-order valence-corrected chi connectivity index (χ1v) is 7.61. The van der Waals surface area contributed by atoms with Gasteiger partial charge in [0.15, 0.2) is 0 Å². The van der Waals surface area contributed by atoms with E-state index in [1.807, 2.05) is 12.1 Å². The molecule has 1 fully saturated rings. The third kappa shape index (κ3) is 2.40. The van der Waals surface area contributed by atoms with Crippen LogP contribution in [0.15, 0.2) is 46.9 Å². The molecule has 0 aliphatic carbocycles. The maximum atomic E-state index is 14.1. The van der Waals surface area contributed by atoms with Crippen molar-refractivity contribution in [3.63, 3.8) is 0 Å². The highest BCUT2D eigenvalue weighted by Gasteiger charge is 2.40. The minimum atomic E-state index is -0.126. The molecule has 0 aromatic heterocycles. The van der Waals surface area contributed by atoms with Gasteiger partial charge in [0.25, 0.3) is 0 Å². The molecule has 104 valence electrons. The van der Waals surface area contributed by atoms with Crippen molar-refractivity contribution in [1.29, 1.82) is 0 Å². The Kier molecular flexibility index (Phi) is 3.65. The van der Waals surface area contributed by atoms with Crippen molar-refractivity contribution < 1.29 is 4.39 Å². The Labute approximate surface area is 127 Å². The van der Waals surface area contributed by atoms with Gasteiger partial charge in [0.1, 0.15) is 5.82 Å². The molecule has 1 aliphatic rings. The van der Waals surface area contributed by atoms with Gasteiger partial charge in [0.05, 0.1) is 0 Å². The van der Waals surface area contributed by atoms with Crippen LogP contribution >= 0.6 is 15.9 Å². The molecule has 0 spiro atoms. The average Bonchev–Trinajstić information content (AvgIpc) is 2.37. The number of hydrogen-bond acceptors (Lipinski definition) is 1. The van der Waals surface area contributed by atoms with Crippen molar-refractivity contribution in [2.45, 2.75) is 18.8 Å². The summed E-state index contributed by atoms with van der Waals surface area (Å²) in [7, 11) is 0. The van der Waals surface area contributed by atoms with E-state index in [1.165, 1.54) is 11.1 Å². The maximum absolute atomic E-state index is 14.1. The van der Waals surface area contributed by atoms with Crippen molar-refractivity contribution in [1.82, 2.24) is 5.32 Å². The molecular weight excluding hydrogens is 317 g/mol. The Hall–Kier alpha value is -1.19. The van der Waals surface area contributed by atoms with Gasteiger partial charge in [-0.25, -0.2) is 4.39 Å². The second-order valence-corrected chi connectivity index (χ2v) is 6.53. The predicted molar refractivity (Wildman–Crippen MR) is 83.5 cm³/mol. The maximum Gasteiger partial charge on any atom is 0.127 e. The fourth-order valence-electron chi connectivity index (χ4n) is 3.03. The number of rotatable bonds is 3. The number of nitrogens with one attached hydrogen (secondary N) is 1. The summed E-state index contributed by atoms with van der Waals surface area (Å²) >= 11 is 3.31. The van der Waals surface area contributed by atoms with Gasteiger partial charge in [-0.2, -0.15) is 0 Å². The highest BCUT2D eigenvalue weighted by molar-refractivity contribution is 9.10. The molecule has 0 saturated carbocycles. The molecule has 0 unspecified atom stereocenters. The average molecular weight is 334 g/mol. The van der Waals surface area contributed by atoms with Gasteiger partial charge < -0.3 is 5.32 Å². The minimum absolute atomic E-state index is 0.0278. The van der Waals surface area contributed by atoms with E-state index in [0.29, 0.717) is 0 Å². The lowest BCUT2D eigenvalue weighted by Gasteiger charge is -2.44. The third-order valence-corrected chi connectivity index (χ3v) is 4.68. The van der Waals surface area contributed by atoms with Crippen LogP contribution in [0.4, 0.5) is 4.39 Å². The molecule has 3 rings (SSSR count). The van der Waals surface area contributed by atoms with E-state index in [2.05, 4.69) is 52.4 Å². The van der Waals surface area contributed by atoms with Gasteiger partial charge in [0.2, 0.25) is 0 Å². The van der Waals surface area contributed by atoms with E-state index < -0.39 is 0 Å². The fraction of sp³-hybridized carbons (Fsp3) is 0.294. The van der Waals surface area contributed by atoms with E-state index in [9.17, 15) is 4.39 Å². The summed E-state index contributed by atoms with van der Waals surface area (Å²) in [5.74, 6) is -0.126. The van der Waals surface area contributed by atoms with Crippen LogP contribution in [0.1, 0.15) is 16.7 Å². The van der Waals surface area contributed by atoms with E-state index in [0.717, 1.165) is 29.5 Å². The SMILES string of the molecule is Cc1ccccc1C1(Cc2ccc(Br)cc2F)CNC1. The van der Waals surface area contributed by atoms with Crippen molar-refractivity contribution in [3.8, 4) is 0 Å². The van der Waals surface area contributed by atoms with Crippen molar-refractivity contribution in [2.75, 3.05) is 13.1 Å². The molecule has 2 aromatic carbocycles. The first-order chi connectivity index (χ1) is 9.61. The van der Waals surface area contributed by atoms with Crippen molar-refractivity contribution in [3.05, 3.63) is 69.4 Å². The van der Waals surface area contributed by atoms with Crippen LogP contribution in [0.3, 0.4) is 0 Å². The Morgan fingerprint density at radius 2 is 1.95 bits per heavy atom. The van der Waals surface area contributed by atoms with Gasteiger partial charge in [-0.3, -0.25) is 0 Å². The summed E-state index contributed by atoms with van der Waals surface area (Å²) < 4.78 is 14.9. The number of benzene rings is 2. The summed E-state index contributed by atoms with van der Waals surface area (Å²) in [6.45, 7) is 3.95. The van der Waals surface area contributed by atoms with Gasteiger partial charge in [-0.05, 0) is 42.2 Å². The summed E-state index contributed by atoms with van der Waals surface area (Å²) in [5.41, 5.74) is 3.44. The molecule has 3 heteroatoms. The number of hydrogen-bond donors (Lipinski definition) is 1. The number of aryl methyl sites for hydroxylation is 1. The topological polar surface area (TPSA) is 12.0 Å². The van der Waals surface area contributed by atoms with E-state index in [4.69, 9.17) is 0 Å². The predicted octanol–water partition coefficient (Wildman–Crippen LogP) is 3.98. The molecular formula is C17H17BrFN. The molecule has 1 aliphatic heterocycles. The largest absolute Gasteiger partial charge is 0.315 e. The van der Waals surface area contributed by atoms with Gasteiger partial charge in [-0.15, -0.1) is 0 Å². The van der Waals surface area contributed by atoms with Gasteiger partial charge in [0, 0.05) is 23.0 Å². The second-order valence-electron chi connectivity index (χ2n) is 5.61. The van der Waals surface area contributed by atoms with E-state index >= 15 is 0 Å². The Bertz CT molecular complexity index is 635. The number of halogens is 2. The van der Waals surface area contributed by atoms with Crippen LogP contribution in [0, 0.1) is 12.7 Å². The van der Waals surface area contributed by atoms with E-state index in [1.54, 1.807) is 6.07 Å². The van der Waals surface area contributed by atoms with Gasteiger partial charge in [-0.1, -0.05) is 46.3 Å². The zero-order chi connectivity index (χ0) is 14.2. The Morgan fingerprint density at radius 3 is 2.55 bits per heavy atom. The minimum Gasteiger partial charge on any atom is -0.315 e. The zero-order valence-electron chi connectivity index (χ0n) is 11.4. The van der Waals surface area contributed by atoms with Crippen LogP contribution < -0.4 is 5.32 Å². The third-order valence-electron chi connectivity index (χ3n) is 4.19. The molecule has 1 saturated heterocycles. The van der Waals surface area contributed by atoms with Gasteiger partial charge >= 0.3 is 0 Å². The molecule has 0 amide bonds. The molecule has 2 aromatic rings. The smallest absolute Gasteiger partial charge is 0.127 e. The van der Waals surface area contributed by atoms with Crippen LogP contribution in [0.25, 0.3) is 0 Å². The summed E-state index contributed by atoms with van der Waals surface area (Å²) in [4.78, 5) is 0. The van der Waals surface area contributed by atoms with Crippen LogP contribution in [-0.4, -0.2) is 13.1 Å². The molecule has 1 nitrogen and oxygen atoms in total. The van der Waals surface area contributed by atoms with E-state index in [-0.39, 0.29) is 11.2 Å². The second kappa shape index (κ2) is 5.30. The van der Waals surface area contributed by atoms with Crippen LogP contribution in [-0.2, 0) is 11.8 Å². The quantitative estimate of drug-likeness (QED) is 0.895. The molecule has 1 heterocycles. The van der Waals surface area contributed by atoms with Crippen LogP contribution in [0.5, 0.6) is 0 Å². The lowest BCUT2D eigenvalue weighted by Crippen LogP contribution is -2.58. The normalized spacial score (nSPS) is 16.8. The van der Waals surface area contributed by atoms with Crippen molar-refractivity contribution in [2.24, 2.45) is 0 Å². The van der Waals surface area contributed by atoms with Crippen LogP contribution in [0.2, 0.25) is 0 Å². The molecule has 0 bridgehead atoms. The highest BCUT2D eigenvalue weighted by atomic mass is 79.9. The highest BCUT2D eigenvalue weighted by Crippen LogP contribution is 2.35. The Morgan fingerprint density at radius 1 is 1.20 bits per heavy atom. The summed E-state index contributed by atoms with van der Waals surface area (Å²) in [5, 5.41) is 3.35. The zero-order valence-corrected chi connectivity index (χ0v) is 13.0. The molecule has 20 heavy (non-hydrogen) atoms. The first kappa shape index (κ1) is 13.8. The first-order valence-electron chi connectivity index (χ1n) is 6.81.